The van der Waals surface area contributed by atoms with E-state index in [9.17, 15) is 4.79 Å². The summed E-state index contributed by atoms with van der Waals surface area (Å²) >= 11 is 1.77. The average Bonchev–Trinajstić information content (AvgIpc) is 3.26. The van der Waals surface area contributed by atoms with Crippen LogP contribution in [0.3, 0.4) is 0 Å². The Morgan fingerprint density at radius 1 is 1.04 bits per heavy atom. The van der Waals surface area contributed by atoms with Crippen molar-refractivity contribution in [3.05, 3.63) is 86.9 Å². The molecule has 0 radical (unpaired) electrons. The minimum atomic E-state index is -0.00837. The molecule has 0 amide bonds. The minimum absolute atomic E-state index is 0.00837. The maximum absolute atomic E-state index is 13.1. The topological polar surface area (TPSA) is 42.7 Å². The molecule has 0 unspecified atom stereocenters. The van der Waals surface area contributed by atoms with E-state index in [1.807, 2.05) is 42.5 Å². The lowest BCUT2D eigenvalue weighted by molar-refractivity contribution is 0.0970. The minimum Gasteiger partial charge on any atom is -0.478 e. The lowest BCUT2D eigenvalue weighted by atomic mass is 10.0. The standard InChI is InChI=1S/C23H19NO3S/c25-22-18-8-9-21-19(13-24(15-27-21)11-10-17-7-4-12-28-17)23(18)26-14-20(22)16-5-2-1-3-6-16/h1-9,12,14H,10-11,13,15H2. The van der Waals surface area contributed by atoms with Gasteiger partial charge in [-0.15, -0.1) is 11.3 Å². The van der Waals surface area contributed by atoms with Gasteiger partial charge in [0, 0.05) is 18.0 Å². The highest BCUT2D eigenvalue weighted by Crippen LogP contribution is 2.32. The van der Waals surface area contributed by atoms with E-state index in [1.165, 1.54) is 4.88 Å². The molecule has 5 heteroatoms. The van der Waals surface area contributed by atoms with Gasteiger partial charge in [0.15, 0.2) is 0 Å². The number of thiophene rings is 1. The van der Waals surface area contributed by atoms with E-state index in [-0.39, 0.29) is 5.43 Å². The van der Waals surface area contributed by atoms with Crippen molar-refractivity contribution in [1.82, 2.24) is 4.90 Å². The normalized spacial score (nSPS) is 14.0. The van der Waals surface area contributed by atoms with Crippen LogP contribution < -0.4 is 10.2 Å². The summed E-state index contributed by atoms with van der Waals surface area (Å²) < 4.78 is 11.9. The zero-order valence-electron chi connectivity index (χ0n) is 15.3. The molecular formula is C23H19NO3S. The maximum atomic E-state index is 13.1. The molecule has 0 saturated heterocycles. The third-order valence-corrected chi connectivity index (χ3v) is 6.06. The average molecular weight is 389 g/mol. The number of hydrogen-bond donors (Lipinski definition) is 0. The van der Waals surface area contributed by atoms with Gasteiger partial charge in [-0.3, -0.25) is 9.69 Å². The number of benzene rings is 2. The Morgan fingerprint density at radius 2 is 1.93 bits per heavy atom. The molecule has 0 bridgehead atoms. The van der Waals surface area contributed by atoms with E-state index in [0.717, 1.165) is 29.8 Å². The Morgan fingerprint density at radius 3 is 2.75 bits per heavy atom. The first-order valence-electron chi connectivity index (χ1n) is 9.30. The zero-order chi connectivity index (χ0) is 18.9. The van der Waals surface area contributed by atoms with Gasteiger partial charge in [0.05, 0.1) is 16.5 Å². The quantitative estimate of drug-likeness (QED) is 0.497. The number of nitrogens with zero attached hydrogens (tertiary/aromatic N) is 1. The molecule has 2 aromatic carbocycles. The molecule has 0 spiro atoms. The second kappa shape index (κ2) is 7.26. The van der Waals surface area contributed by atoms with Crippen LogP contribution >= 0.6 is 11.3 Å². The summed E-state index contributed by atoms with van der Waals surface area (Å²) in [4.78, 5) is 16.7. The summed E-state index contributed by atoms with van der Waals surface area (Å²) in [7, 11) is 0. The molecule has 4 aromatic rings. The van der Waals surface area contributed by atoms with Gasteiger partial charge in [0.25, 0.3) is 0 Å². The first-order valence-corrected chi connectivity index (χ1v) is 10.2. The van der Waals surface area contributed by atoms with Gasteiger partial charge in [-0.2, -0.15) is 0 Å². The van der Waals surface area contributed by atoms with E-state index < -0.39 is 0 Å². The summed E-state index contributed by atoms with van der Waals surface area (Å²) in [6.45, 7) is 2.17. The van der Waals surface area contributed by atoms with Crippen LogP contribution in [0.4, 0.5) is 0 Å². The molecular weight excluding hydrogens is 370 g/mol. The molecule has 3 heterocycles. The fourth-order valence-electron chi connectivity index (χ4n) is 3.64. The van der Waals surface area contributed by atoms with Crippen molar-refractivity contribution in [2.75, 3.05) is 13.3 Å². The van der Waals surface area contributed by atoms with Crippen LogP contribution in [0.15, 0.2) is 75.5 Å². The third-order valence-electron chi connectivity index (χ3n) is 5.13. The third kappa shape index (κ3) is 3.13. The van der Waals surface area contributed by atoms with Crippen molar-refractivity contribution >= 4 is 22.3 Å². The van der Waals surface area contributed by atoms with Crippen molar-refractivity contribution in [2.24, 2.45) is 0 Å². The van der Waals surface area contributed by atoms with Crippen LogP contribution in [0.5, 0.6) is 5.75 Å². The first-order chi connectivity index (χ1) is 13.8. The van der Waals surface area contributed by atoms with Crippen molar-refractivity contribution in [3.8, 4) is 16.9 Å². The summed E-state index contributed by atoms with van der Waals surface area (Å²) in [5.41, 5.74) is 3.02. The number of rotatable bonds is 4. The summed E-state index contributed by atoms with van der Waals surface area (Å²) in [5, 5.41) is 2.70. The van der Waals surface area contributed by atoms with Gasteiger partial charge in [0.1, 0.15) is 24.3 Å². The van der Waals surface area contributed by atoms with Crippen LogP contribution in [0, 0.1) is 0 Å². The van der Waals surface area contributed by atoms with E-state index in [2.05, 4.69) is 22.4 Å². The van der Waals surface area contributed by atoms with Crippen molar-refractivity contribution in [1.29, 1.82) is 0 Å². The van der Waals surface area contributed by atoms with Crippen LogP contribution in [-0.2, 0) is 13.0 Å². The molecule has 1 aliphatic rings. The second-order valence-corrected chi connectivity index (χ2v) is 7.95. The Hall–Kier alpha value is -2.89. The van der Waals surface area contributed by atoms with Crippen molar-refractivity contribution in [3.63, 3.8) is 0 Å². The highest BCUT2D eigenvalue weighted by Gasteiger charge is 2.22. The maximum Gasteiger partial charge on any atom is 0.200 e. The molecule has 0 atom stereocenters. The molecule has 4 nitrogen and oxygen atoms in total. The zero-order valence-corrected chi connectivity index (χ0v) is 16.1. The largest absolute Gasteiger partial charge is 0.478 e. The van der Waals surface area contributed by atoms with E-state index >= 15 is 0 Å². The van der Waals surface area contributed by atoms with Crippen molar-refractivity contribution < 1.29 is 9.15 Å². The SMILES string of the molecule is O=c1c(-c2ccccc2)coc2c3c(ccc12)OCN(CCc1cccs1)C3. The lowest BCUT2D eigenvalue weighted by Crippen LogP contribution is -2.33. The van der Waals surface area contributed by atoms with Crippen LogP contribution in [-0.4, -0.2) is 18.2 Å². The predicted octanol–water partition coefficient (Wildman–Crippen LogP) is 4.92. The Balaban J connectivity index is 1.49. The lowest BCUT2D eigenvalue weighted by Gasteiger charge is -2.29. The number of ether oxygens (including phenoxy) is 1. The van der Waals surface area contributed by atoms with Crippen LogP contribution in [0.25, 0.3) is 22.1 Å². The molecule has 5 rings (SSSR count). The van der Waals surface area contributed by atoms with Gasteiger partial charge >= 0.3 is 0 Å². The molecule has 0 aliphatic carbocycles. The molecule has 0 saturated carbocycles. The fraction of sp³-hybridized carbons (Fsp3) is 0.174. The molecule has 1 aliphatic heterocycles. The highest BCUT2D eigenvalue weighted by molar-refractivity contribution is 7.09. The van der Waals surface area contributed by atoms with E-state index in [4.69, 9.17) is 9.15 Å². The summed E-state index contributed by atoms with van der Waals surface area (Å²) in [6, 6.07) is 17.6. The van der Waals surface area contributed by atoms with E-state index in [0.29, 0.717) is 29.8 Å². The summed E-state index contributed by atoms with van der Waals surface area (Å²) in [5.74, 6) is 0.801. The molecule has 2 aromatic heterocycles. The highest BCUT2D eigenvalue weighted by atomic mass is 32.1. The molecule has 0 N–H and O–H groups in total. The molecule has 28 heavy (non-hydrogen) atoms. The first kappa shape index (κ1) is 17.2. The molecule has 140 valence electrons. The van der Waals surface area contributed by atoms with Crippen molar-refractivity contribution in [2.45, 2.75) is 13.0 Å². The van der Waals surface area contributed by atoms with Gasteiger partial charge < -0.3 is 9.15 Å². The fourth-order valence-corrected chi connectivity index (χ4v) is 4.34. The molecule has 0 fully saturated rings. The Bertz CT molecular complexity index is 1170. The smallest absolute Gasteiger partial charge is 0.200 e. The van der Waals surface area contributed by atoms with Crippen LogP contribution in [0.2, 0.25) is 0 Å². The Kier molecular flexibility index (Phi) is 4.47. The van der Waals surface area contributed by atoms with Gasteiger partial charge in [-0.1, -0.05) is 36.4 Å². The van der Waals surface area contributed by atoms with Crippen LogP contribution in [0.1, 0.15) is 10.4 Å². The predicted molar refractivity (Wildman–Crippen MR) is 112 cm³/mol. The van der Waals surface area contributed by atoms with E-state index in [1.54, 1.807) is 17.6 Å². The monoisotopic (exact) mass is 389 g/mol. The van der Waals surface area contributed by atoms with Gasteiger partial charge in [-0.05, 0) is 35.6 Å². The number of hydrogen-bond acceptors (Lipinski definition) is 5. The second-order valence-electron chi connectivity index (χ2n) is 6.92. The summed E-state index contributed by atoms with van der Waals surface area (Å²) in [6.07, 6.45) is 2.56. The van der Waals surface area contributed by atoms with Gasteiger partial charge in [-0.25, -0.2) is 0 Å². The Labute approximate surface area is 166 Å². The van der Waals surface area contributed by atoms with Gasteiger partial charge in [0.2, 0.25) is 5.43 Å². The number of fused-ring (bicyclic) bond motifs is 3.